The molecule has 3 aromatic rings. The van der Waals surface area contributed by atoms with Crippen molar-refractivity contribution in [2.24, 2.45) is 11.8 Å². The highest BCUT2D eigenvalue weighted by Crippen LogP contribution is 2.55. The number of rotatable bonds is 5. The van der Waals surface area contributed by atoms with E-state index >= 15 is 0 Å². The van der Waals surface area contributed by atoms with E-state index in [4.69, 9.17) is 4.74 Å². The van der Waals surface area contributed by atoms with Crippen LogP contribution in [0.15, 0.2) is 168 Å². The SMILES string of the molecule is C1=CC(C2C=C3C=CCCC3=CC2)NC(c2ccccc2)CC=1c1ccc(C2(c3ccccc3)C3=CC=CCC3OC3CCC=CC32)cc1. The van der Waals surface area contributed by atoms with Gasteiger partial charge >= 0.3 is 0 Å². The fourth-order valence-electron chi connectivity index (χ4n) is 9.48. The highest BCUT2D eigenvalue weighted by Gasteiger charge is 2.54. The van der Waals surface area contributed by atoms with Gasteiger partial charge in [-0.1, -0.05) is 140 Å². The first-order valence-electron chi connectivity index (χ1n) is 18.5. The van der Waals surface area contributed by atoms with E-state index in [0.717, 1.165) is 38.5 Å². The molecule has 0 aromatic heterocycles. The second-order valence-electron chi connectivity index (χ2n) is 14.6. The minimum Gasteiger partial charge on any atom is -0.370 e. The predicted molar refractivity (Wildman–Crippen MR) is 201 cm³/mol. The molecule has 1 N–H and O–H groups in total. The molecular formula is C47H45NO. The minimum absolute atomic E-state index is 0.101. The van der Waals surface area contributed by atoms with E-state index in [-0.39, 0.29) is 35.6 Å². The summed E-state index contributed by atoms with van der Waals surface area (Å²) in [6.45, 7) is 0. The Balaban J connectivity index is 1.12. The van der Waals surface area contributed by atoms with Crippen molar-refractivity contribution in [3.63, 3.8) is 0 Å². The van der Waals surface area contributed by atoms with Gasteiger partial charge in [-0.3, -0.25) is 0 Å². The van der Waals surface area contributed by atoms with Crippen molar-refractivity contribution < 1.29 is 4.74 Å². The molecule has 2 aliphatic heterocycles. The number of allylic oxidation sites excluding steroid dienone is 8. The summed E-state index contributed by atoms with van der Waals surface area (Å²) in [7, 11) is 0. The molecule has 4 aliphatic carbocycles. The van der Waals surface area contributed by atoms with Crippen LogP contribution in [0.25, 0.3) is 5.57 Å². The first-order chi connectivity index (χ1) is 24.3. The van der Waals surface area contributed by atoms with Crippen molar-refractivity contribution in [2.45, 2.75) is 74.7 Å². The predicted octanol–water partition coefficient (Wildman–Crippen LogP) is 10.5. The molecule has 0 radical (unpaired) electrons. The summed E-state index contributed by atoms with van der Waals surface area (Å²) in [5.74, 6) is 0.648. The number of hydrogen-bond donors (Lipinski definition) is 1. The standard InChI is InChI=1S/C47H45NO/c1-3-14-35(15-4-1)44-32-37(27-30-43(48-44)38-24-23-33-13-7-8-16-36(33)31-38)34-25-28-40(29-26-34)47(39-17-5-2-6-18-39)41-19-9-11-21-45(41)49-46-22-12-10-20-42(46)47/h1-6,8-11,14-20,23,25-26,28-31,38,42-46,48H,7,12-13,21-22,24,32H2. The average Bonchev–Trinajstić information content (AvgIpc) is 3.41. The van der Waals surface area contributed by atoms with E-state index in [1.165, 1.54) is 51.0 Å². The van der Waals surface area contributed by atoms with Crippen LogP contribution in [0.4, 0.5) is 0 Å². The van der Waals surface area contributed by atoms with Crippen LogP contribution < -0.4 is 5.32 Å². The quantitative estimate of drug-likeness (QED) is 0.222. The van der Waals surface area contributed by atoms with Crippen molar-refractivity contribution >= 4 is 5.57 Å². The van der Waals surface area contributed by atoms with E-state index in [9.17, 15) is 0 Å². The van der Waals surface area contributed by atoms with Gasteiger partial charge in [0.05, 0.1) is 17.6 Å². The maximum Gasteiger partial charge on any atom is 0.0838 e. The van der Waals surface area contributed by atoms with E-state index in [1.54, 1.807) is 0 Å². The Kier molecular flexibility index (Phi) is 8.18. The monoisotopic (exact) mass is 639 g/mol. The largest absolute Gasteiger partial charge is 0.370 e. The van der Waals surface area contributed by atoms with Crippen LogP contribution in [-0.2, 0) is 10.2 Å². The third kappa shape index (κ3) is 5.53. The zero-order valence-electron chi connectivity index (χ0n) is 28.2. The summed E-state index contributed by atoms with van der Waals surface area (Å²) in [6, 6.07) is 32.2. The van der Waals surface area contributed by atoms with Crippen molar-refractivity contribution in [1.29, 1.82) is 0 Å². The van der Waals surface area contributed by atoms with Gasteiger partial charge in [0.2, 0.25) is 0 Å². The molecule has 1 saturated heterocycles. The summed E-state index contributed by atoms with van der Waals surface area (Å²) in [5, 5.41) is 4.08. The molecule has 3 aromatic carbocycles. The fraction of sp³-hybridized carbons (Fsp3) is 0.298. The normalized spacial score (nSPS) is 31.7. The molecule has 0 spiro atoms. The first-order valence-corrected chi connectivity index (χ1v) is 18.5. The molecule has 7 unspecified atom stereocenters. The van der Waals surface area contributed by atoms with Crippen molar-refractivity contribution in [3.05, 3.63) is 190 Å². The number of hydrogen-bond acceptors (Lipinski definition) is 2. The van der Waals surface area contributed by atoms with Crippen LogP contribution in [0, 0.1) is 11.8 Å². The van der Waals surface area contributed by atoms with Crippen LogP contribution in [0.1, 0.15) is 73.2 Å². The molecule has 1 fully saturated rings. The van der Waals surface area contributed by atoms with Crippen LogP contribution in [0.2, 0.25) is 0 Å². The first kappa shape index (κ1) is 30.6. The maximum absolute atomic E-state index is 6.86. The second-order valence-corrected chi connectivity index (χ2v) is 14.6. The lowest BCUT2D eigenvalue weighted by Gasteiger charge is -2.54. The van der Waals surface area contributed by atoms with Gasteiger partial charge in [0.15, 0.2) is 0 Å². The molecule has 2 nitrogen and oxygen atoms in total. The maximum atomic E-state index is 6.86. The molecule has 6 aliphatic rings. The van der Waals surface area contributed by atoms with Crippen LogP contribution in [0.5, 0.6) is 0 Å². The van der Waals surface area contributed by atoms with E-state index < -0.39 is 0 Å². The van der Waals surface area contributed by atoms with E-state index in [2.05, 4.69) is 157 Å². The molecular weight excluding hydrogens is 595 g/mol. The van der Waals surface area contributed by atoms with Gasteiger partial charge in [-0.05, 0) is 90.0 Å². The topological polar surface area (TPSA) is 21.3 Å². The Morgan fingerprint density at radius 3 is 2.49 bits per heavy atom. The van der Waals surface area contributed by atoms with Gasteiger partial charge in [0.1, 0.15) is 0 Å². The molecule has 7 atom stereocenters. The minimum atomic E-state index is -0.281. The van der Waals surface area contributed by atoms with Crippen LogP contribution in [-0.4, -0.2) is 18.2 Å². The van der Waals surface area contributed by atoms with Crippen LogP contribution >= 0.6 is 0 Å². The Hall–Kier alpha value is -4.46. The zero-order valence-corrected chi connectivity index (χ0v) is 28.2. The average molecular weight is 640 g/mol. The van der Waals surface area contributed by atoms with Crippen molar-refractivity contribution in [3.8, 4) is 0 Å². The molecule has 9 rings (SSSR count). The van der Waals surface area contributed by atoms with Gasteiger partial charge < -0.3 is 10.1 Å². The van der Waals surface area contributed by atoms with Gasteiger partial charge in [-0.2, -0.15) is 0 Å². The summed E-state index contributed by atoms with van der Waals surface area (Å²) >= 11 is 0. The fourth-order valence-corrected chi connectivity index (χ4v) is 9.48. The van der Waals surface area contributed by atoms with Gasteiger partial charge in [-0.15, -0.1) is 5.73 Å². The zero-order chi connectivity index (χ0) is 32.6. The second kappa shape index (κ2) is 13.1. The van der Waals surface area contributed by atoms with Gasteiger partial charge in [0.25, 0.3) is 0 Å². The van der Waals surface area contributed by atoms with E-state index in [1.807, 2.05) is 0 Å². The number of nitrogens with one attached hydrogen (secondary N) is 1. The summed E-state index contributed by atoms with van der Waals surface area (Å²) in [6.07, 6.45) is 31.3. The summed E-state index contributed by atoms with van der Waals surface area (Å²) in [4.78, 5) is 0. The molecule has 2 heteroatoms. The Morgan fingerprint density at radius 2 is 1.63 bits per heavy atom. The Bertz CT molecular complexity index is 1950. The highest BCUT2D eigenvalue weighted by molar-refractivity contribution is 5.68. The molecule has 0 bridgehead atoms. The lowest BCUT2D eigenvalue weighted by Crippen LogP contribution is -2.54. The number of benzene rings is 3. The van der Waals surface area contributed by atoms with Gasteiger partial charge in [0, 0.05) is 29.5 Å². The summed E-state index contributed by atoms with van der Waals surface area (Å²) < 4.78 is 6.86. The van der Waals surface area contributed by atoms with E-state index in [0.29, 0.717) is 5.92 Å². The Labute approximate surface area is 291 Å². The molecule has 0 saturated carbocycles. The molecule has 2 heterocycles. The molecule has 244 valence electrons. The number of fused-ring (bicyclic) bond motifs is 3. The van der Waals surface area contributed by atoms with Gasteiger partial charge in [-0.25, -0.2) is 0 Å². The van der Waals surface area contributed by atoms with Crippen molar-refractivity contribution in [1.82, 2.24) is 5.32 Å². The third-order valence-corrected chi connectivity index (χ3v) is 11.9. The highest BCUT2D eigenvalue weighted by atomic mass is 16.5. The molecule has 0 amide bonds. The third-order valence-electron chi connectivity index (χ3n) is 11.9. The summed E-state index contributed by atoms with van der Waals surface area (Å²) in [5.41, 5.74) is 14.5. The van der Waals surface area contributed by atoms with Crippen LogP contribution in [0.3, 0.4) is 0 Å². The Morgan fingerprint density at radius 1 is 0.816 bits per heavy atom. The smallest absolute Gasteiger partial charge is 0.0838 e. The number of ether oxygens (including phenoxy) is 1. The van der Waals surface area contributed by atoms with Crippen molar-refractivity contribution in [2.75, 3.05) is 0 Å². The lowest BCUT2D eigenvalue weighted by molar-refractivity contribution is -0.0676. The molecule has 49 heavy (non-hydrogen) atoms. The lowest BCUT2D eigenvalue weighted by atomic mass is 9.55.